The maximum Gasteiger partial charge on any atom is 0.260 e. The van der Waals surface area contributed by atoms with Crippen LogP contribution in [0.15, 0.2) is 0 Å². The Bertz CT molecular complexity index is 317. The zero-order valence-electron chi connectivity index (χ0n) is 15.7. The number of methoxy groups -OCH3 is 2. The van der Waals surface area contributed by atoms with Gasteiger partial charge in [-0.2, -0.15) is 0 Å². The first-order valence-electron chi connectivity index (χ1n) is 9.30. The molecular weight excluding hydrogens is 316 g/mol. The fourth-order valence-corrected chi connectivity index (χ4v) is 3.18. The molecule has 6 heteroatoms. The maximum atomic E-state index is 13.8. The number of rotatable bonds is 9. The van der Waals surface area contributed by atoms with Gasteiger partial charge in [-0.1, -0.05) is 13.8 Å². The van der Waals surface area contributed by atoms with Crippen LogP contribution >= 0.6 is 0 Å². The minimum atomic E-state index is -2.62. The van der Waals surface area contributed by atoms with E-state index in [0.29, 0.717) is 38.3 Å². The molecule has 0 aromatic rings. The van der Waals surface area contributed by atoms with Crippen molar-refractivity contribution < 1.29 is 23.0 Å². The van der Waals surface area contributed by atoms with E-state index in [2.05, 4.69) is 0 Å². The minimum absolute atomic E-state index is 0.0995. The first kappa shape index (κ1) is 21.7. The highest BCUT2D eigenvalue weighted by Crippen LogP contribution is 2.30. The topological polar surface area (TPSA) is 30.9 Å². The molecule has 0 unspecified atom stereocenters. The van der Waals surface area contributed by atoms with Gasteiger partial charge in [0.1, 0.15) is 0 Å². The molecule has 2 fully saturated rings. The largest absolute Gasteiger partial charge is 0.385 e. The standard InChI is InChI=1S/C16H29F2NO3.C2H6/c1-20-9-3-6-16(17,18)12-19-7-4-13(5-8-19)22-15-10-14(11-15)21-2;1-2/h13-15H,3-12H2,1-2H3;1-2H3. The Morgan fingerprint density at radius 3 is 2.17 bits per heavy atom. The summed E-state index contributed by atoms with van der Waals surface area (Å²) in [6, 6.07) is 0. The van der Waals surface area contributed by atoms with Crippen molar-refractivity contribution in [1.29, 1.82) is 0 Å². The van der Waals surface area contributed by atoms with Gasteiger partial charge in [-0.05, 0) is 32.1 Å². The fourth-order valence-electron chi connectivity index (χ4n) is 3.18. The summed E-state index contributed by atoms with van der Waals surface area (Å²) in [6.07, 6.45) is 4.81. The van der Waals surface area contributed by atoms with Crippen LogP contribution < -0.4 is 0 Å². The summed E-state index contributed by atoms with van der Waals surface area (Å²) in [5.41, 5.74) is 0. The molecule has 0 amide bonds. The van der Waals surface area contributed by atoms with E-state index >= 15 is 0 Å². The van der Waals surface area contributed by atoms with E-state index in [4.69, 9.17) is 14.2 Å². The van der Waals surface area contributed by atoms with E-state index < -0.39 is 5.92 Å². The lowest BCUT2D eigenvalue weighted by Crippen LogP contribution is -2.46. The van der Waals surface area contributed by atoms with Crippen molar-refractivity contribution in [1.82, 2.24) is 4.90 Å². The second kappa shape index (κ2) is 11.3. The van der Waals surface area contributed by atoms with Crippen LogP contribution in [0, 0.1) is 0 Å². The van der Waals surface area contributed by atoms with E-state index in [1.807, 2.05) is 18.7 Å². The third kappa shape index (κ3) is 7.72. The Morgan fingerprint density at radius 1 is 1.00 bits per heavy atom. The lowest BCUT2D eigenvalue weighted by molar-refractivity contribution is -0.130. The highest BCUT2D eigenvalue weighted by Gasteiger charge is 2.35. The highest BCUT2D eigenvalue weighted by molar-refractivity contribution is 4.84. The van der Waals surface area contributed by atoms with Crippen LogP contribution in [0.4, 0.5) is 8.78 Å². The van der Waals surface area contributed by atoms with Gasteiger partial charge in [-0.15, -0.1) is 0 Å². The van der Waals surface area contributed by atoms with E-state index in [9.17, 15) is 8.78 Å². The predicted octanol–water partition coefficient (Wildman–Crippen LogP) is 3.73. The lowest BCUT2D eigenvalue weighted by Gasteiger charge is -2.40. The molecule has 24 heavy (non-hydrogen) atoms. The molecule has 2 rings (SSSR count). The van der Waals surface area contributed by atoms with Gasteiger partial charge in [-0.3, -0.25) is 4.90 Å². The van der Waals surface area contributed by atoms with E-state index in [0.717, 1.165) is 25.7 Å². The summed E-state index contributed by atoms with van der Waals surface area (Å²) in [5, 5.41) is 0. The lowest BCUT2D eigenvalue weighted by atomic mass is 9.91. The van der Waals surface area contributed by atoms with Gasteiger partial charge in [0.2, 0.25) is 0 Å². The zero-order chi connectivity index (χ0) is 18.0. The quantitative estimate of drug-likeness (QED) is 0.592. The molecule has 0 spiro atoms. The van der Waals surface area contributed by atoms with E-state index in [-0.39, 0.29) is 19.1 Å². The third-order valence-electron chi connectivity index (χ3n) is 4.65. The van der Waals surface area contributed by atoms with Gasteiger partial charge in [0, 0.05) is 40.3 Å². The van der Waals surface area contributed by atoms with Crippen LogP contribution in [0.5, 0.6) is 0 Å². The average Bonchev–Trinajstić information content (AvgIpc) is 2.54. The van der Waals surface area contributed by atoms with E-state index in [1.165, 1.54) is 0 Å². The number of halogens is 2. The molecule has 1 aliphatic heterocycles. The molecule has 1 heterocycles. The summed E-state index contributed by atoms with van der Waals surface area (Å²) in [6.45, 7) is 5.66. The monoisotopic (exact) mass is 351 g/mol. The molecule has 0 N–H and O–H groups in total. The first-order chi connectivity index (χ1) is 11.5. The molecule has 0 radical (unpaired) electrons. The van der Waals surface area contributed by atoms with Crippen LogP contribution in [0.2, 0.25) is 0 Å². The molecule has 0 aromatic heterocycles. The third-order valence-corrected chi connectivity index (χ3v) is 4.65. The zero-order valence-corrected chi connectivity index (χ0v) is 15.7. The van der Waals surface area contributed by atoms with Gasteiger partial charge in [0.15, 0.2) is 0 Å². The molecule has 4 nitrogen and oxygen atoms in total. The molecule has 0 atom stereocenters. The number of likely N-dealkylation sites (tertiary alicyclic amines) is 1. The van der Waals surface area contributed by atoms with Gasteiger partial charge in [0.05, 0.1) is 24.9 Å². The maximum absolute atomic E-state index is 13.8. The minimum Gasteiger partial charge on any atom is -0.385 e. The Kier molecular flexibility index (Phi) is 10.3. The number of piperidine rings is 1. The Hall–Kier alpha value is -0.300. The van der Waals surface area contributed by atoms with Crippen LogP contribution in [0.3, 0.4) is 0 Å². The van der Waals surface area contributed by atoms with Crippen molar-refractivity contribution in [3.8, 4) is 0 Å². The average molecular weight is 351 g/mol. The summed E-state index contributed by atoms with van der Waals surface area (Å²) < 4.78 is 43.8. The molecule has 2 aliphatic rings. The van der Waals surface area contributed by atoms with Gasteiger partial charge >= 0.3 is 0 Å². The Labute approximate surface area is 145 Å². The molecular formula is C18H35F2NO3. The van der Waals surface area contributed by atoms with Crippen LogP contribution in [-0.2, 0) is 14.2 Å². The summed E-state index contributed by atoms with van der Waals surface area (Å²) in [4.78, 5) is 1.87. The van der Waals surface area contributed by atoms with Crippen molar-refractivity contribution in [2.45, 2.75) is 76.6 Å². The van der Waals surface area contributed by atoms with Gasteiger partial charge in [-0.25, -0.2) is 8.78 Å². The molecule has 1 aliphatic carbocycles. The molecule has 0 bridgehead atoms. The van der Waals surface area contributed by atoms with Crippen LogP contribution in [0.25, 0.3) is 0 Å². The van der Waals surface area contributed by atoms with Gasteiger partial charge in [0.25, 0.3) is 5.92 Å². The van der Waals surface area contributed by atoms with Crippen molar-refractivity contribution in [3.05, 3.63) is 0 Å². The van der Waals surface area contributed by atoms with Crippen molar-refractivity contribution in [3.63, 3.8) is 0 Å². The molecule has 1 saturated heterocycles. The Balaban J connectivity index is 0.00000139. The predicted molar refractivity (Wildman–Crippen MR) is 91.8 cm³/mol. The van der Waals surface area contributed by atoms with Crippen molar-refractivity contribution in [2.24, 2.45) is 0 Å². The fraction of sp³-hybridized carbons (Fsp3) is 1.00. The normalized spacial score (nSPS) is 25.8. The number of nitrogens with zero attached hydrogens (tertiary/aromatic N) is 1. The van der Waals surface area contributed by atoms with Crippen LogP contribution in [0.1, 0.15) is 52.4 Å². The second-order valence-electron chi connectivity index (χ2n) is 6.52. The SMILES string of the molecule is CC.COCCCC(F)(F)CN1CCC(OC2CC(OC)C2)CC1. The molecule has 144 valence electrons. The number of hydrogen-bond acceptors (Lipinski definition) is 4. The smallest absolute Gasteiger partial charge is 0.260 e. The molecule has 1 saturated carbocycles. The van der Waals surface area contributed by atoms with Crippen LogP contribution in [-0.4, -0.2) is 69.6 Å². The van der Waals surface area contributed by atoms with Crippen molar-refractivity contribution >= 4 is 0 Å². The Morgan fingerprint density at radius 2 is 1.62 bits per heavy atom. The highest BCUT2D eigenvalue weighted by atomic mass is 19.3. The summed E-state index contributed by atoms with van der Waals surface area (Å²) in [7, 11) is 3.27. The molecule has 0 aromatic carbocycles. The van der Waals surface area contributed by atoms with E-state index in [1.54, 1.807) is 14.2 Å². The van der Waals surface area contributed by atoms with Crippen molar-refractivity contribution in [2.75, 3.05) is 40.5 Å². The second-order valence-corrected chi connectivity index (χ2v) is 6.52. The summed E-state index contributed by atoms with van der Waals surface area (Å²) in [5.74, 6) is -2.62. The number of ether oxygens (including phenoxy) is 3. The first-order valence-corrected chi connectivity index (χ1v) is 9.30. The number of hydrogen-bond donors (Lipinski definition) is 0. The summed E-state index contributed by atoms with van der Waals surface area (Å²) >= 11 is 0. The van der Waals surface area contributed by atoms with Gasteiger partial charge < -0.3 is 14.2 Å². The number of alkyl halides is 2.